The number of nitrogens with one attached hydrogen (secondary N) is 1. The van der Waals surface area contributed by atoms with Gasteiger partial charge in [0.05, 0.1) is 24.3 Å². The zero-order chi connectivity index (χ0) is 30.1. The molecular formula is C31H18Cl2I2N4O4. The van der Waals surface area contributed by atoms with Gasteiger partial charge in [0.1, 0.15) is 11.3 Å². The molecule has 0 atom stereocenters. The Morgan fingerprint density at radius 3 is 2.47 bits per heavy atom. The highest BCUT2D eigenvalue weighted by atomic mass is 127. The van der Waals surface area contributed by atoms with Gasteiger partial charge in [-0.3, -0.25) is 9.59 Å². The van der Waals surface area contributed by atoms with Crippen LogP contribution in [0.2, 0.25) is 10.0 Å². The zero-order valence-electron chi connectivity index (χ0n) is 21.9. The van der Waals surface area contributed by atoms with Gasteiger partial charge in [-0.1, -0.05) is 35.3 Å². The molecule has 0 fully saturated rings. The number of hydrogen-bond acceptors (Lipinski definition) is 6. The molecule has 0 saturated carbocycles. The van der Waals surface area contributed by atoms with E-state index in [1.807, 2.05) is 18.2 Å². The second-order valence-corrected chi connectivity index (χ2v) is 12.5. The summed E-state index contributed by atoms with van der Waals surface area (Å²) < 4.78 is 14.6. The number of nitrogens with zero attached hydrogens (tertiary/aromatic N) is 3. The fraction of sp³-hybridized carbons (Fsp3) is 0.0323. The predicted molar refractivity (Wildman–Crippen MR) is 187 cm³/mol. The number of halogens is 4. The Balaban J connectivity index is 1.29. The lowest BCUT2D eigenvalue weighted by molar-refractivity contribution is -0.118. The molecular weight excluding hydrogens is 817 g/mol. The van der Waals surface area contributed by atoms with Crippen LogP contribution in [0.1, 0.15) is 5.56 Å². The number of fused-ring (bicyclic) bond motifs is 2. The lowest BCUT2D eigenvalue weighted by atomic mass is 10.2. The summed E-state index contributed by atoms with van der Waals surface area (Å²) in [5, 5.41) is 9.67. The average Bonchev–Trinajstić information content (AvgIpc) is 3.40. The van der Waals surface area contributed by atoms with E-state index in [0.717, 1.165) is 12.5 Å². The molecule has 6 aromatic rings. The number of furan rings is 1. The van der Waals surface area contributed by atoms with Crippen molar-refractivity contribution in [2.75, 3.05) is 11.9 Å². The quantitative estimate of drug-likeness (QED) is 0.129. The Hall–Kier alpha value is -3.46. The molecule has 0 radical (unpaired) electrons. The number of anilines is 1. The number of rotatable bonds is 7. The van der Waals surface area contributed by atoms with E-state index in [-0.39, 0.29) is 23.9 Å². The second kappa shape index (κ2) is 12.6. The fourth-order valence-electron chi connectivity index (χ4n) is 4.30. The topological polar surface area (TPSA) is 98.7 Å². The van der Waals surface area contributed by atoms with Crippen LogP contribution in [0, 0.1) is 7.14 Å². The smallest absolute Gasteiger partial charge is 0.282 e. The van der Waals surface area contributed by atoms with Gasteiger partial charge in [-0.15, -0.1) is 0 Å². The molecule has 6 rings (SSSR count). The third kappa shape index (κ3) is 6.56. The van der Waals surface area contributed by atoms with Crippen LogP contribution >= 0.6 is 68.4 Å². The first-order valence-electron chi connectivity index (χ1n) is 12.7. The number of aromatic nitrogens is 2. The van der Waals surface area contributed by atoms with Crippen LogP contribution in [-0.2, 0) is 4.79 Å². The number of benzene rings is 4. The van der Waals surface area contributed by atoms with Crippen molar-refractivity contribution < 1.29 is 13.9 Å². The Kier molecular flexibility index (Phi) is 8.71. The van der Waals surface area contributed by atoms with E-state index in [1.54, 1.807) is 72.9 Å². The van der Waals surface area contributed by atoms with E-state index in [4.69, 9.17) is 37.3 Å². The summed E-state index contributed by atoms with van der Waals surface area (Å²) in [6.45, 7) is -0.174. The summed E-state index contributed by atoms with van der Waals surface area (Å²) >= 11 is 16.3. The van der Waals surface area contributed by atoms with Crippen molar-refractivity contribution in [1.29, 1.82) is 0 Å². The Morgan fingerprint density at radius 1 is 0.977 bits per heavy atom. The van der Waals surface area contributed by atoms with Crippen molar-refractivity contribution in [2.45, 2.75) is 0 Å². The molecule has 4 aromatic carbocycles. The number of carbonyl (C=O) groups excluding carboxylic acids is 1. The van der Waals surface area contributed by atoms with Crippen LogP contribution in [0.15, 0.2) is 99.2 Å². The van der Waals surface area contributed by atoms with Gasteiger partial charge >= 0.3 is 0 Å². The lowest BCUT2D eigenvalue weighted by Gasteiger charge is -2.12. The highest BCUT2D eigenvalue weighted by Gasteiger charge is 2.17. The summed E-state index contributed by atoms with van der Waals surface area (Å²) in [5.41, 5.74) is 2.13. The fourth-order valence-corrected chi connectivity index (χ4v) is 6.73. The first-order chi connectivity index (χ1) is 20.7. The summed E-state index contributed by atoms with van der Waals surface area (Å²) in [5.74, 6) is 0.893. The van der Waals surface area contributed by atoms with Gasteiger partial charge in [-0.05, 0) is 124 Å². The predicted octanol–water partition coefficient (Wildman–Crippen LogP) is 8.23. The molecule has 0 aliphatic rings. The Bertz CT molecular complexity index is 2090. The van der Waals surface area contributed by atoms with E-state index >= 15 is 0 Å². The van der Waals surface area contributed by atoms with Crippen LogP contribution in [-0.4, -0.2) is 28.4 Å². The second-order valence-electron chi connectivity index (χ2n) is 9.26. The highest BCUT2D eigenvalue weighted by molar-refractivity contribution is 14.1. The van der Waals surface area contributed by atoms with E-state index in [0.29, 0.717) is 49.3 Å². The molecule has 2 heterocycles. The van der Waals surface area contributed by atoms with Gasteiger partial charge in [0.2, 0.25) is 5.82 Å². The summed E-state index contributed by atoms with van der Waals surface area (Å²) in [4.78, 5) is 30.7. The maximum Gasteiger partial charge on any atom is 0.282 e. The summed E-state index contributed by atoms with van der Waals surface area (Å²) in [6.07, 6.45) is 1.57. The Labute approximate surface area is 281 Å². The van der Waals surface area contributed by atoms with Crippen molar-refractivity contribution in [1.82, 2.24) is 9.66 Å². The van der Waals surface area contributed by atoms with Gasteiger partial charge < -0.3 is 14.5 Å². The van der Waals surface area contributed by atoms with Crippen LogP contribution < -0.4 is 15.6 Å². The third-order valence-corrected chi connectivity index (χ3v) is 8.36. The minimum Gasteiger partial charge on any atom is -0.482 e. The molecule has 8 nitrogen and oxygen atoms in total. The van der Waals surface area contributed by atoms with Crippen LogP contribution in [0.25, 0.3) is 33.5 Å². The van der Waals surface area contributed by atoms with Crippen molar-refractivity contribution in [3.63, 3.8) is 0 Å². The molecule has 0 unspecified atom stereocenters. The van der Waals surface area contributed by atoms with Crippen LogP contribution in [0.5, 0.6) is 5.75 Å². The number of amides is 1. The molecule has 12 heteroatoms. The number of ether oxygens (including phenoxy) is 1. The lowest BCUT2D eigenvalue weighted by Crippen LogP contribution is -2.21. The molecule has 0 spiro atoms. The van der Waals surface area contributed by atoms with Gasteiger partial charge in [0.15, 0.2) is 12.4 Å². The summed E-state index contributed by atoms with van der Waals surface area (Å²) in [6, 6.07) is 24.7. The molecule has 2 aromatic heterocycles. The van der Waals surface area contributed by atoms with E-state index in [9.17, 15) is 9.59 Å². The highest BCUT2D eigenvalue weighted by Crippen LogP contribution is 2.30. The molecule has 0 aliphatic carbocycles. The van der Waals surface area contributed by atoms with Gasteiger partial charge in [0, 0.05) is 21.1 Å². The largest absolute Gasteiger partial charge is 0.482 e. The first-order valence-corrected chi connectivity index (χ1v) is 15.6. The van der Waals surface area contributed by atoms with Gasteiger partial charge in [-0.25, -0.2) is 4.98 Å². The van der Waals surface area contributed by atoms with E-state index < -0.39 is 0 Å². The molecule has 214 valence electrons. The van der Waals surface area contributed by atoms with Gasteiger partial charge in [-0.2, -0.15) is 9.78 Å². The van der Waals surface area contributed by atoms with Crippen LogP contribution in [0.4, 0.5) is 5.69 Å². The van der Waals surface area contributed by atoms with Crippen LogP contribution in [0.3, 0.4) is 0 Å². The molecule has 0 bridgehead atoms. The summed E-state index contributed by atoms with van der Waals surface area (Å²) in [7, 11) is 0. The van der Waals surface area contributed by atoms with Crippen molar-refractivity contribution in [3.8, 4) is 17.3 Å². The minimum absolute atomic E-state index is 0.174. The molecule has 1 amide bonds. The maximum atomic E-state index is 13.6. The first kappa shape index (κ1) is 29.6. The Morgan fingerprint density at radius 2 is 1.70 bits per heavy atom. The molecule has 43 heavy (non-hydrogen) atoms. The molecule has 0 saturated heterocycles. The SMILES string of the molecule is O=C(COc1c(I)cc(C=Nn2c(-c3cc4cc(Cl)ccc4o3)nc3ccccc3c2=O)cc1I)Nc1ccc(Cl)cc1. The minimum atomic E-state index is -0.341. The van der Waals surface area contributed by atoms with E-state index in [1.165, 1.54) is 4.68 Å². The number of hydrogen-bond donors (Lipinski definition) is 1. The normalized spacial score (nSPS) is 11.4. The van der Waals surface area contributed by atoms with Crippen molar-refractivity contribution >= 4 is 108 Å². The van der Waals surface area contributed by atoms with Crippen molar-refractivity contribution in [3.05, 3.63) is 118 Å². The number of carbonyl (C=O) groups is 1. The standard InChI is InChI=1S/C31H18Cl2I2N4O4/c32-19-5-8-21(9-6-19)37-28(40)16-42-29-23(34)11-17(12-24(29)35)15-36-39-30(38-25-4-2-1-3-22(25)31(39)41)27-14-18-13-20(33)7-10-26(18)43-27/h1-15H,16H2,(H,37,40). The number of para-hydroxylation sites is 1. The van der Waals surface area contributed by atoms with E-state index in [2.05, 4.69) is 55.6 Å². The zero-order valence-corrected chi connectivity index (χ0v) is 27.7. The molecule has 0 aliphatic heterocycles. The maximum absolute atomic E-state index is 13.6. The third-order valence-electron chi connectivity index (χ3n) is 6.27. The monoisotopic (exact) mass is 834 g/mol. The molecule has 1 N–H and O–H groups in total. The average molecular weight is 835 g/mol. The van der Waals surface area contributed by atoms with Gasteiger partial charge in [0.25, 0.3) is 11.5 Å². The van der Waals surface area contributed by atoms with Crippen molar-refractivity contribution in [2.24, 2.45) is 5.10 Å².